The molecule has 124 valence electrons. The Morgan fingerprint density at radius 1 is 1.33 bits per heavy atom. The number of aromatic nitrogens is 3. The summed E-state index contributed by atoms with van der Waals surface area (Å²) in [5.41, 5.74) is 1.36. The molecule has 0 radical (unpaired) electrons. The molecule has 2 N–H and O–H groups in total. The van der Waals surface area contributed by atoms with Crippen molar-refractivity contribution in [2.24, 2.45) is 0 Å². The lowest BCUT2D eigenvalue weighted by atomic mass is 10.1. The normalized spacial score (nSPS) is 13.4. The average molecular weight is 326 g/mol. The largest absolute Gasteiger partial charge is 0.467 e. The van der Waals surface area contributed by atoms with Gasteiger partial charge in [0.25, 0.3) is 5.91 Å². The minimum Gasteiger partial charge on any atom is -0.467 e. The third-order valence-electron chi connectivity index (χ3n) is 3.64. The molecule has 0 bridgehead atoms. The number of carbonyl (C=O) groups is 1. The highest BCUT2D eigenvalue weighted by Crippen LogP contribution is 2.18. The van der Waals surface area contributed by atoms with Crippen LogP contribution in [0.15, 0.2) is 59.7 Å². The second-order valence-electron chi connectivity index (χ2n) is 5.53. The Labute approximate surface area is 138 Å². The number of aliphatic hydroxyl groups excluding tert-OH is 1. The van der Waals surface area contributed by atoms with Crippen LogP contribution in [0.3, 0.4) is 0 Å². The summed E-state index contributed by atoms with van der Waals surface area (Å²) in [6.07, 6.45) is 4.18. The highest BCUT2D eigenvalue weighted by atomic mass is 16.4. The molecule has 2 atom stereocenters. The zero-order valence-electron chi connectivity index (χ0n) is 13.2. The summed E-state index contributed by atoms with van der Waals surface area (Å²) in [5, 5.41) is 16.9. The maximum atomic E-state index is 12.3. The SMILES string of the molecule is CC(CC(O)c1ccco1)NC(=O)c1ccc(-n2cncn2)cc1. The van der Waals surface area contributed by atoms with Gasteiger partial charge in [0.1, 0.15) is 24.5 Å². The second kappa shape index (κ2) is 7.10. The summed E-state index contributed by atoms with van der Waals surface area (Å²) in [6.45, 7) is 1.84. The van der Waals surface area contributed by atoms with Crippen LogP contribution in [-0.4, -0.2) is 31.8 Å². The zero-order valence-corrected chi connectivity index (χ0v) is 13.2. The average Bonchev–Trinajstić information content (AvgIpc) is 3.28. The lowest BCUT2D eigenvalue weighted by Gasteiger charge is -2.16. The fourth-order valence-corrected chi connectivity index (χ4v) is 2.41. The fourth-order valence-electron chi connectivity index (χ4n) is 2.41. The number of carbonyl (C=O) groups excluding carboxylic acids is 1. The van der Waals surface area contributed by atoms with Crippen molar-refractivity contribution in [1.29, 1.82) is 0 Å². The van der Waals surface area contributed by atoms with E-state index in [1.54, 1.807) is 47.4 Å². The molecule has 0 aliphatic rings. The number of hydrogen-bond donors (Lipinski definition) is 2. The number of rotatable bonds is 6. The number of benzene rings is 1. The summed E-state index contributed by atoms with van der Waals surface area (Å²) in [6, 6.07) is 10.3. The summed E-state index contributed by atoms with van der Waals surface area (Å²) >= 11 is 0. The number of nitrogens with zero attached hydrogens (tertiary/aromatic N) is 3. The molecular formula is C17H18N4O3. The second-order valence-corrected chi connectivity index (χ2v) is 5.53. The Morgan fingerprint density at radius 2 is 2.12 bits per heavy atom. The van der Waals surface area contributed by atoms with E-state index < -0.39 is 6.10 Å². The van der Waals surface area contributed by atoms with Gasteiger partial charge in [0.2, 0.25) is 0 Å². The van der Waals surface area contributed by atoms with Crippen molar-refractivity contribution in [2.45, 2.75) is 25.5 Å². The number of hydrogen-bond acceptors (Lipinski definition) is 5. The van der Waals surface area contributed by atoms with E-state index in [2.05, 4.69) is 15.4 Å². The molecule has 2 heterocycles. The Bertz CT molecular complexity index is 767. The van der Waals surface area contributed by atoms with E-state index in [-0.39, 0.29) is 11.9 Å². The van der Waals surface area contributed by atoms with Crippen molar-refractivity contribution >= 4 is 5.91 Å². The van der Waals surface area contributed by atoms with Crippen molar-refractivity contribution in [3.8, 4) is 5.69 Å². The Morgan fingerprint density at radius 3 is 2.75 bits per heavy atom. The Kier molecular flexibility index (Phi) is 4.72. The van der Waals surface area contributed by atoms with Gasteiger partial charge in [0.05, 0.1) is 12.0 Å². The van der Waals surface area contributed by atoms with Gasteiger partial charge in [-0.2, -0.15) is 5.10 Å². The first-order valence-corrected chi connectivity index (χ1v) is 7.61. The third-order valence-corrected chi connectivity index (χ3v) is 3.64. The Hall–Kier alpha value is -2.93. The first kappa shape index (κ1) is 15.9. The van der Waals surface area contributed by atoms with Crippen LogP contribution in [0.5, 0.6) is 0 Å². The predicted octanol–water partition coefficient (Wildman–Crippen LogP) is 2.10. The molecule has 0 saturated carbocycles. The molecule has 0 spiro atoms. The molecule has 7 nitrogen and oxygen atoms in total. The highest BCUT2D eigenvalue weighted by molar-refractivity contribution is 5.94. The van der Waals surface area contributed by atoms with Crippen LogP contribution in [-0.2, 0) is 0 Å². The number of furan rings is 1. The standard InChI is InChI=1S/C17H18N4O3/c1-12(9-15(22)16-3-2-8-24-16)20-17(23)13-4-6-14(7-5-13)21-11-18-10-19-21/h2-8,10-12,15,22H,9H2,1H3,(H,20,23). The topological polar surface area (TPSA) is 93.2 Å². The molecule has 0 aliphatic heterocycles. The van der Waals surface area contributed by atoms with Crippen LogP contribution in [0.4, 0.5) is 0 Å². The van der Waals surface area contributed by atoms with Crippen LogP contribution in [0.25, 0.3) is 5.69 Å². The maximum absolute atomic E-state index is 12.3. The van der Waals surface area contributed by atoms with Gasteiger partial charge in [-0.05, 0) is 43.3 Å². The third kappa shape index (κ3) is 3.69. The van der Waals surface area contributed by atoms with E-state index in [1.165, 1.54) is 12.6 Å². The molecular weight excluding hydrogens is 308 g/mol. The molecule has 0 fully saturated rings. The van der Waals surface area contributed by atoms with E-state index in [4.69, 9.17) is 4.42 Å². The van der Waals surface area contributed by atoms with Gasteiger partial charge in [0, 0.05) is 18.0 Å². The van der Waals surface area contributed by atoms with Gasteiger partial charge in [-0.3, -0.25) is 4.79 Å². The molecule has 1 aromatic carbocycles. The van der Waals surface area contributed by atoms with Gasteiger partial charge in [-0.15, -0.1) is 0 Å². The van der Waals surface area contributed by atoms with Gasteiger partial charge in [-0.1, -0.05) is 0 Å². The van der Waals surface area contributed by atoms with Crippen molar-refractivity contribution in [1.82, 2.24) is 20.1 Å². The molecule has 2 aromatic heterocycles. The van der Waals surface area contributed by atoms with Crippen LogP contribution >= 0.6 is 0 Å². The molecule has 0 aliphatic carbocycles. The quantitative estimate of drug-likeness (QED) is 0.723. The lowest BCUT2D eigenvalue weighted by molar-refractivity contribution is 0.0903. The summed E-state index contributed by atoms with van der Waals surface area (Å²) in [5.74, 6) is 0.299. The first-order chi connectivity index (χ1) is 11.6. The van der Waals surface area contributed by atoms with E-state index in [9.17, 15) is 9.90 Å². The van der Waals surface area contributed by atoms with Gasteiger partial charge < -0.3 is 14.8 Å². The van der Waals surface area contributed by atoms with E-state index >= 15 is 0 Å². The fraction of sp³-hybridized carbons (Fsp3) is 0.235. The predicted molar refractivity (Wildman–Crippen MR) is 86.6 cm³/mol. The molecule has 7 heteroatoms. The molecule has 3 rings (SSSR count). The van der Waals surface area contributed by atoms with Crippen molar-refractivity contribution in [3.63, 3.8) is 0 Å². The van der Waals surface area contributed by atoms with Gasteiger partial charge in [0.15, 0.2) is 0 Å². The lowest BCUT2D eigenvalue weighted by Crippen LogP contribution is -2.33. The van der Waals surface area contributed by atoms with E-state index in [1.807, 2.05) is 6.92 Å². The van der Waals surface area contributed by atoms with Gasteiger partial charge in [-0.25, -0.2) is 9.67 Å². The molecule has 1 amide bonds. The van der Waals surface area contributed by atoms with E-state index in [0.29, 0.717) is 17.7 Å². The van der Waals surface area contributed by atoms with Crippen molar-refractivity contribution in [2.75, 3.05) is 0 Å². The number of nitrogens with one attached hydrogen (secondary N) is 1. The van der Waals surface area contributed by atoms with Crippen molar-refractivity contribution in [3.05, 3.63) is 66.6 Å². The summed E-state index contributed by atoms with van der Waals surface area (Å²) in [7, 11) is 0. The number of aliphatic hydroxyl groups is 1. The van der Waals surface area contributed by atoms with Crippen LogP contribution in [0.1, 0.15) is 35.6 Å². The molecule has 24 heavy (non-hydrogen) atoms. The smallest absolute Gasteiger partial charge is 0.251 e. The Balaban J connectivity index is 1.58. The maximum Gasteiger partial charge on any atom is 0.251 e. The highest BCUT2D eigenvalue weighted by Gasteiger charge is 2.17. The van der Waals surface area contributed by atoms with Crippen LogP contribution in [0, 0.1) is 0 Å². The van der Waals surface area contributed by atoms with E-state index in [0.717, 1.165) is 5.69 Å². The molecule has 0 saturated heterocycles. The van der Waals surface area contributed by atoms with Crippen molar-refractivity contribution < 1.29 is 14.3 Å². The monoisotopic (exact) mass is 326 g/mol. The van der Waals surface area contributed by atoms with Crippen LogP contribution < -0.4 is 5.32 Å². The molecule has 2 unspecified atom stereocenters. The minimum absolute atomic E-state index is 0.195. The molecule has 3 aromatic rings. The summed E-state index contributed by atoms with van der Waals surface area (Å²) < 4.78 is 6.77. The number of amides is 1. The minimum atomic E-state index is -0.745. The summed E-state index contributed by atoms with van der Waals surface area (Å²) in [4.78, 5) is 16.2. The van der Waals surface area contributed by atoms with Gasteiger partial charge >= 0.3 is 0 Å². The first-order valence-electron chi connectivity index (χ1n) is 7.61. The van der Waals surface area contributed by atoms with Crippen LogP contribution in [0.2, 0.25) is 0 Å². The zero-order chi connectivity index (χ0) is 16.9.